The Morgan fingerprint density at radius 2 is 1.95 bits per heavy atom. The van der Waals surface area contributed by atoms with Crippen molar-refractivity contribution in [1.82, 2.24) is 9.55 Å². The topological polar surface area (TPSA) is 44.1 Å². The number of aldehydes is 1. The molecule has 0 unspecified atom stereocenters. The smallest absolute Gasteiger partial charge is 0.170 e. The van der Waals surface area contributed by atoms with Gasteiger partial charge >= 0.3 is 0 Å². The zero-order valence-corrected chi connectivity index (χ0v) is 11.9. The summed E-state index contributed by atoms with van der Waals surface area (Å²) in [6.07, 6.45) is 0.791. The highest BCUT2D eigenvalue weighted by Gasteiger charge is 2.19. The van der Waals surface area contributed by atoms with Crippen LogP contribution in [0.1, 0.15) is 27.4 Å². The minimum absolute atomic E-state index is 0.448. The zero-order chi connectivity index (χ0) is 14.2. The molecule has 0 atom stereocenters. The number of imidazole rings is 1. The third kappa shape index (κ3) is 2.14. The Kier molecular flexibility index (Phi) is 3.42. The molecule has 0 N–H and O–H groups in total. The number of methoxy groups -OCH3 is 1. The minimum atomic E-state index is 0.448. The summed E-state index contributed by atoms with van der Waals surface area (Å²) in [5.41, 5.74) is 4.34. The van der Waals surface area contributed by atoms with E-state index in [9.17, 15) is 4.79 Å². The van der Waals surface area contributed by atoms with Crippen molar-refractivity contribution in [3.63, 3.8) is 0 Å². The first-order chi connectivity index (χ1) is 8.99. The van der Waals surface area contributed by atoms with Gasteiger partial charge in [0.25, 0.3) is 0 Å². The Morgan fingerprint density at radius 1 is 1.26 bits per heavy atom. The molecule has 0 amide bonds. The van der Waals surface area contributed by atoms with E-state index in [2.05, 4.69) is 11.1 Å². The number of hydrogen-bond donors (Lipinski definition) is 0. The van der Waals surface area contributed by atoms with Crippen LogP contribution in [0.15, 0.2) is 12.1 Å². The lowest BCUT2D eigenvalue weighted by molar-refractivity contribution is 0.112. The maximum atomic E-state index is 11.2. The van der Waals surface area contributed by atoms with Crippen LogP contribution in [-0.2, 0) is 7.05 Å². The minimum Gasteiger partial charge on any atom is -0.496 e. The number of aromatic nitrogens is 2. The van der Waals surface area contributed by atoms with Crippen LogP contribution < -0.4 is 4.74 Å². The van der Waals surface area contributed by atoms with E-state index in [1.54, 1.807) is 7.11 Å². The van der Waals surface area contributed by atoms with E-state index in [1.165, 1.54) is 0 Å². The van der Waals surface area contributed by atoms with E-state index in [0.29, 0.717) is 5.69 Å². The second kappa shape index (κ2) is 4.88. The van der Waals surface area contributed by atoms with Gasteiger partial charge in [-0.25, -0.2) is 4.98 Å². The molecule has 4 heteroatoms. The molecular formula is C15H18N2O2. The molecule has 0 saturated carbocycles. The molecule has 0 bridgehead atoms. The molecule has 0 fully saturated rings. The first kappa shape index (κ1) is 13.3. The van der Waals surface area contributed by atoms with Crippen LogP contribution in [0, 0.1) is 20.8 Å². The molecule has 19 heavy (non-hydrogen) atoms. The van der Waals surface area contributed by atoms with Crippen LogP contribution >= 0.6 is 0 Å². The second-order valence-electron chi connectivity index (χ2n) is 4.73. The average molecular weight is 258 g/mol. The van der Waals surface area contributed by atoms with Gasteiger partial charge in [0, 0.05) is 12.6 Å². The SMILES string of the molecule is COc1c(C)cc(C)cc1-c1c(C=O)nc(C)n1C. The van der Waals surface area contributed by atoms with Gasteiger partial charge in [0.1, 0.15) is 17.3 Å². The van der Waals surface area contributed by atoms with Gasteiger partial charge in [-0.15, -0.1) is 0 Å². The summed E-state index contributed by atoms with van der Waals surface area (Å²) in [6, 6.07) is 4.08. The van der Waals surface area contributed by atoms with Gasteiger partial charge in [-0.05, 0) is 38.0 Å². The number of hydrogen-bond acceptors (Lipinski definition) is 3. The molecule has 0 aliphatic carbocycles. The van der Waals surface area contributed by atoms with Crippen molar-refractivity contribution in [2.75, 3.05) is 7.11 Å². The lowest BCUT2D eigenvalue weighted by Crippen LogP contribution is -2.00. The monoisotopic (exact) mass is 258 g/mol. The standard InChI is InChI=1S/C15H18N2O2/c1-9-6-10(2)15(19-5)12(7-9)14-13(8-18)16-11(3)17(14)4/h6-8H,1-5H3. The number of carbonyl (C=O) groups is 1. The highest BCUT2D eigenvalue weighted by atomic mass is 16.5. The van der Waals surface area contributed by atoms with Crippen LogP contribution in [0.25, 0.3) is 11.3 Å². The van der Waals surface area contributed by atoms with Crippen LogP contribution in [-0.4, -0.2) is 22.9 Å². The fraction of sp³-hybridized carbons (Fsp3) is 0.333. The maximum absolute atomic E-state index is 11.2. The summed E-state index contributed by atoms with van der Waals surface area (Å²) >= 11 is 0. The third-order valence-corrected chi connectivity index (χ3v) is 3.34. The number of ether oxygens (including phenoxy) is 1. The molecule has 2 rings (SSSR count). The first-order valence-electron chi connectivity index (χ1n) is 6.13. The Labute approximate surface area is 113 Å². The maximum Gasteiger partial charge on any atom is 0.170 e. The van der Waals surface area contributed by atoms with Gasteiger partial charge in [0.2, 0.25) is 0 Å². The third-order valence-electron chi connectivity index (χ3n) is 3.34. The lowest BCUT2D eigenvalue weighted by atomic mass is 10.0. The highest BCUT2D eigenvalue weighted by molar-refractivity contribution is 5.86. The van der Waals surface area contributed by atoms with Crippen molar-refractivity contribution in [3.05, 3.63) is 34.8 Å². The summed E-state index contributed by atoms with van der Waals surface area (Å²) in [4.78, 5) is 15.5. The van der Waals surface area contributed by atoms with Crippen LogP contribution in [0.4, 0.5) is 0 Å². The van der Waals surface area contributed by atoms with E-state index in [0.717, 1.165) is 40.2 Å². The molecule has 4 nitrogen and oxygen atoms in total. The van der Waals surface area contributed by atoms with Crippen molar-refractivity contribution in [2.24, 2.45) is 7.05 Å². The molecule has 0 radical (unpaired) electrons. The van der Waals surface area contributed by atoms with E-state index < -0.39 is 0 Å². The van der Waals surface area contributed by atoms with Crippen LogP contribution in [0.5, 0.6) is 5.75 Å². The number of rotatable bonds is 3. The largest absolute Gasteiger partial charge is 0.496 e. The van der Waals surface area contributed by atoms with Crippen molar-refractivity contribution in [2.45, 2.75) is 20.8 Å². The highest BCUT2D eigenvalue weighted by Crippen LogP contribution is 2.35. The molecule has 100 valence electrons. The van der Waals surface area contributed by atoms with Gasteiger partial charge in [0.15, 0.2) is 6.29 Å². The molecule has 1 aromatic heterocycles. The Bertz CT molecular complexity index is 642. The molecule has 0 aliphatic heterocycles. The molecule has 2 aromatic rings. The van der Waals surface area contributed by atoms with Gasteiger partial charge < -0.3 is 9.30 Å². The molecule has 1 aromatic carbocycles. The summed E-state index contributed by atoms with van der Waals surface area (Å²) in [5.74, 6) is 1.59. The van der Waals surface area contributed by atoms with Crippen LogP contribution in [0.3, 0.4) is 0 Å². The average Bonchev–Trinajstić information content (AvgIpc) is 2.64. The van der Waals surface area contributed by atoms with Gasteiger partial charge in [-0.1, -0.05) is 6.07 Å². The Hall–Kier alpha value is -2.10. The quantitative estimate of drug-likeness (QED) is 0.795. The molecule has 1 heterocycles. The molecule has 0 spiro atoms. The predicted octanol–water partition coefficient (Wildman–Crippen LogP) is 2.83. The number of benzene rings is 1. The number of carbonyl (C=O) groups excluding carboxylic acids is 1. The van der Waals surface area contributed by atoms with E-state index in [4.69, 9.17) is 4.74 Å². The Balaban J connectivity index is 2.81. The van der Waals surface area contributed by atoms with E-state index in [1.807, 2.05) is 38.5 Å². The van der Waals surface area contributed by atoms with E-state index in [-0.39, 0.29) is 0 Å². The van der Waals surface area contributed by atoms with Gasteiger partial charge in [-0.3, -0.25) is 4.79 Å². The fourth-order valence-corrected chi connectivity index (χ4v) is 2.44. The van der Waals surface area contributed by atoms with E-state index >= 15 is 0 Å². The molecular weight excluding hydrogens is 240 g/mol. The predicted molar refractivity (Wildman–Crippen MR) is 74.8 cm³/mol. The summed E-state index contributed by atoms with van der Waals surface area (Å²) < 4.78 is 7.41. The molecule has 0 saturated heterocycles. The van der Waals surface area contributed by atoms with Crippen molar-refractivity contribution >= 4 is 6.29 Å². The first-order valence-corrected chi connectivity index (χ1v) is 6.13. The van der Waals surface area contributed by atoms with Gasteiger partial charge in [0.05, 0.1) is 12.8 Å². The number of aryl methyl sites for hydroxylation is 3. The van der Waals surface area contributed by atoms with Crippen molar-refractivity contribution < 1.29 is 9.53 Å². The van der Waals surface area contributed by atoms with Crippen LogP contribution in [0.2, 0.25) is 0 Å². The van der Waals surface area contributed by atoms with Crippen molar-refractivity contribution in [1.29, 1.82) is 0 Å². The second-order valence-corrected chi connectivity index (χ2v) is 4.73. The summed E-state index contributed by atoms with van der Waals surface area (Å²) in [7, 11) is 3.55. The Morgan fingerprint density at radius 3 is 2.53 bits per heavy atom. The fourth-order valence-electron chi connectivity index (χ4n) is 2.44. The zero-order valence-electron chi connectivity index (χ0n) is 11.9. The van der Waals surface area contributed by atoms with Gasteiger partial charge in [-0.2, -0.15) is 0 Å². The lowest BCUT2D eigenvalue weighted by Gasteiger charge is -2.14. The molecule has 0 aliphatic rings. The summed E-state index contributed by atoms with van der Waals surface area (Å²) in [6.45, 7) is 5.91. The van der Waals surface area contributed by atoms with Crippen molar-refractivity contribution in [3.8, 4) is 17.0 Å². The summed E-state index contributed by atoms with van der Waals surface area (Å²) in [5, 5.41) is 0. The number of nitrogens with zero attached hydrogens (tertiary/aromatic N) is 2. The normalized spacial score (nSPS) is 10.6.